The third-order valence-electron chi connectivity index (χ3n) is 5.03. The third-order valence-corrected chi connectivity index (χ3v) is 5.03. The minimum atomic E-state index is -3.18. The lowest BCUT2D eigenvalue weighted by atomic mass is 9.84. The lowest BCUT2D eigenvalue weighted by molar-refractivity contribution is -0.136. The quantitative estimate of drug-likeness (QED) is 0.499. The predicted octanol–water partition coefficient (Wildman–Crippen LogP) is 0.360. The Labute approximate surface area is 176 Å². The number of benzene rings is 1. The molecule has 4 N–H and O–H groups in total. The summed E-state index contributed by atoms with van der Waals surface area (Å²) in [6, 6.07) is 2.13. The van der Waals surface area contributed by atoms with Gasteiger partial charge >= 0.3 is 6.61 Å². The van der Waals surface area contributed by atoms with Crippen LogP contribution in [0.2, 0.25) is 0 Å². The molecular weight excluding hydrogens is 418 g/mol. The van der Waals surface area contributed by atoms with Crippen molar-refractivity contribution in [1.82, 2.24) is 5.32 Å². The van der Waals surface area contributed by atoms with Gasteiger partial charge < -0.3 is 30.7 Å². The molecule has 12 heteroatoms. The maximum Gasteiger partial charge on any atom is 0.387 e. The van der Waals surface area contributed by atoms with Crippen molar-refractivity contribution >= 4 is 35.0 Å². The number of halogens is 2. The monoisotopic (exact) mass is 440 g/mol. The molecule has 0 spiro atoms. The van der Waals surface area contributed by atoms with Crippen molar-refractivity contribution in [2.75, 3.05) is 30.0 Å². The van der Waals surface area contributed by atoms with Crippen molar-refractivity contribution in [1.29, 1.82) is 0 Å². The fraction of sp³-hybridized carbons (Fsp3) is 0.474. The molecule has 1 aliphatic carbocycles. The molecule has 1 aromatic rings. The fourth-order valence-electron chi connectivity index (χ4n) is 3.19. The highest BCUT2D eigenvalue weighted by atomic mass is 19.3. The summed E-state index contributed by atoms with van der Waals surface area (Å²) < 4.78 is 35.3. The van der Waals surface area contributed by atoms with Crippen molar-refractivity contribution in [2.45, 2.75) is 31.9 Å². The van der Waals surface area contributed by atoms with Crippen LogP contribution in [0.25, 0.3) is 0 Å². The van der Waals surface area contributed by atoms with Gasteiger partial charge in [-0.15, -0.1) is 0 Å². The van der Waals surface area contributed by atoms with Gasteiger partial charge in [-0.3, -0.25) is 19.2 Å². The molecule has 1 aliphatic heterocycles. The Morgan fingerprint density at radius 3 is 2.58 bits per heavy atom. The summed E-state index contributed by atoms with van der Waals surface area (Å²) in [5.74, 6) is -3.51. The van der Waals surface area contributed by atoms with E-state index >= 15 is 0 Å². The van der Waals surface area contributed by atoms with Gasteiger partial charge in [-0.2, -0.15) is 8.78 Å². The summed E-state index contributed by atoms with van der Waals surface area (Å²) in [4.78, 5) is 49.5. The van der Waals surface area contributed by atoms with Crippen LogP contribution < -0.4 is 26.0 Å². The van der Waals surface area contributed by atoms with Gasteiger partial charge in [0.15, 0.2) is 11.8 Å². The van der Waals surface area contributed by atoms with Gasteiger partial charge in [-0.05, 0) is 25.0 Å². The topological polar surface area (TPSA) is 140 Å². The summed E-state index contributed by atoms with van der Waals surface area (Å²) in [5, 5.41) is 4.66. The first-order chi connectivity index (χ1) is 14.8. The number of morpholine rings is 1. The summed E-state index contributed by atoms with van der Waals surface area (Å²) >= 11 is 0. The molecule has 0 unspecified atom stereocenters. The van der Waals surface area contributed by atoms with Crippen molar-refractivity contribution in [3.05, 3.63) is 18.2 Å². The number of primary amides is 1. The molecule has 168 valence electrons. The number of hydrogen-bond donors (Lipinski definition) is 3. The summed E-state index contributed by atoms with van der Waals surface area (Å²) in [5.41, 5.74) is 5.33. The SMILES string of the molecule is NC(=O)[C@@H](NC(=O)C1CCC1)C(=O)Nc1ccc(N2CCOCC2=O)c(OC(F)F)c1. The second-order valence-electron chi connectivity index (χ2n) is 7.12. The largest absolute Gasteiger partial charge is 0.433 e. The number of rotatable bonds is 8. The van der Waals surface area contributed by atoms with Crippen molar-refractivity contribution in [3.8, 4) is 5.75 Å². The van der Waals surface area contributed by atoms with E-state index < -0.39 is 36.3 Å². The Bertz CT molecular complexity index is 877. The lowest BCUT2D eigenvalue weighted by Crippen LogP contribution is -2.53. The van der Waals surface area contributed by atoms with Crippen LogP contribution >= 0.6 is 0 Å². The highest BCUT2D eigenvalue weighted by molar-refractivity contribution is 6.11. The molecule has 2 fully saturated rings. The Morgan fingerprint density at radius 2 is 2.00 bits per heavy atom. The van der Waals surface area contributed by atoms with E-state index in [0.29, 0.717) is 12.8 Å². The van der Waals surface area contributed by atoms with Crippen molar-refractivity contribution < 1.29 is 37.4 Å². The molecule has 0 radical (unpaired) electrons. The number of carbonyl (C=O) groups is 4. The normalized spacial score (nSPS) is 17.6. The molecule has 4 amide bonds. The number of carbonyl (C=O) groups excluding carboxylic acids is 4. The van der Waals surface area contributed by atoms with Gasteiger partial charge in [-0.25, -0.2) is 0 Å². The van der Waals surface area contributed by atoms with E-state index in [1.54, 1.807) is 0 Å². The van der Waals surface area contributed by atoms with E-state index in [1.807, 2.05) is 0 Å². The smallest absolute Gasteiger partial charge is 0.387 e. The molecule has 0 aromatic heterocycles. The highest BCUT2D eigenvalue weighted by Crippen LogP contribution is 2.33. The zero-order valence-electron chi connectivity index (χ0n) is 16.4. The average molecular weight is 440 g/mol. The standard InChI is InChI=1S/C19H22F2N4O6/c20-19(21)31-13-8-11(4-5-12(13)25-6-7-30-9-14(25)26)23-18(29)15(16(22)27)24-17(28)10-2-1-3-10/h4-5,8,10,15,19H,1-3,6-7,9H2,(H2,22,27)(H,23,29)(H,24,28)/t15-/m1/s1. The van der Waals surface area contributed by atoms with E-state index in [1.165, 1.54) is 17.0 Å². The average Bonchev–Trinajstić information content (AvgIpc) is 2.65. The number of hydrogen-bond acceptors (Lipinski definition) is 6. The fourth-order valence-corrected chi connectivity index (χ4v) is 3.19. The molecule has 1 aromatic carbocycles. The maximum absolute atomic E-state index is 12.9. The molecule has 1 heterocycles. The molecule has 1 saturated carbocycles. The van der Waals surface area contributed by atoms with Crippen molar-refractivity contribution in [3.63, 3.8) is 0 Å². The molecule has 2 aliphatic rings. The van der Waals surface area contributed by atoms with E-state index in [0.717, 1.165) is 12.5 Å². The van der Waals surface area contributed by atoms with Crippen LogP contribution in [0.3, 0.4) is 0 Å². The van der Waals surface area contributed by atoms with Gasteiger partial charge in [0.25, 0.3) is 11.8 Å². The van der Waals surface area contributed by atoms with Crippen LogP contribution in [0.4, 0.5) is 20.2 Å². The van der Waals surface area contributed by atoms with Gasteiger partial charge in [-0.1, -0.05) is 6.42 Å². The summed E-state index contributed by atoms with van der Waals surface area (Å²) in [6.45, 7) is -3.02. The Kier molecular flexibility index (Phi) is 7.00. The first kappa shape index (κ1) is 22.4. The summed E-state index contributed by atoms with van der Waals surface area (Å²) in [6.07, 6.45) is 2.21. The van der Waals surface area contributed by atoms with Crippen LogP contribution in [0.1, 0.15) is 19.3 Å². The van der Waals surface area contributed by atoms with Crippen LogP contribution in [-0.4, -0.2) is 56.0 Å². The number of ether oxygens (including phenoxy) is 2. The molecule has 1 saturated heterocycles. The number of anilines is 2. The number of alkyl halides is 2. The van der Waals surface area contributed by atoms with Gasteiger partial charge in [0.2, 0.25) is 11.8 Å². The molecule has 3 rings (SSSR count). The minimum Gasteiger partial charge on any atom is -0.433 e. The Hall–Kier alpha value is -3.28. The van der Waals surface area contributed by atoms with Crippen LogP contribution in [-0.2, 0) is 23.9 Å². The number of nitrogens with zero attached hydrogens (tertiary/aromatic N) is 1. The van der Waals surface area contributed by atoms with E-state index in [4.69, 9.17) is 10.5 Å². The van der Waals surface area contributed by atoms with Crippen LogP contribution in [0.15, 0.2) is 18.2 Å². The number of nitrogens with two attached hydrogens (primary N) is 1. The lowest BCUT2D eigenvalue weighted by Gasteiger charge is -2.28. The molecule has 0 bridgehead atoms. The van der Waals surface area contributed by atoms with E-state index in [-0.39, 0.29) is 42.8 Å². The van der Waals surface area contributed by atoms with E-state index in [2.05, 4.69) is 15.4 Å². The van der Waals surface area contributed by atoms with Gasteiger partial charge in [0.05, 0.1) is 12.3 Å². The second-order valence-corrected chi connectivity index (χ2v) is 7.12. The second kappa shape index (κ2) is 9.69. The van der Waals surface area contributed by atoms with Crippen LogP contribution in [0.5, 0.6) is 5.75 Å². The van der Waals surface area contributed by atoms with Gasteiger partial charge in [0, 0.05) is 24.2 Å². The minimum absolute atomic E-state index is 0.00857. The molecular formula is C19H22F2N4O6. The van der Waals surface area contributed by atoms with Gasteiger partial charge in [0.1, 0.15) is 6.61 Å². The maximum atomic E-state index is 12.9. The first-order valence-electron chi connectivity index (χ1n) is 9.64. The number of nitrogens with one attached hydrogen (secondary N) is 2. The molecule has 10 nitrogen and oxygen atoms in total. The third kappa shape index (κ3) is 5.45. The number of amides is 4. The first-order valence-corrected chi connectivity index (χ1v) is 9.64. The highest BCUT2D eigenvalue weighted by Gasteiger charge is 2.32. The summed E-state index contributed by atoms with van der Waals surface area (Å²) in [7, 11) is 0. The predicted molar refractivity (Wildman–Crippen MR) is 103 cm³/mol. The van der Waals surface area contributed by atoms with E-state index in [9.17, 15) is 28.0 Å². The Morgan fingerprint density at radius 1 is 1.26 bits per heavy atom. The Balaban J connectivity index is 1.77. The van der Waals surface area contributed by atoms with Crippen LogP contribution in [0, 0.1) is 5.92 Å². The van der Waals surface area contributed by atoms with Crippen molar-refractivity contribution in [2.24, 2.45) is 11.7 Å². The zero-order valence-corrected chi connectivity index (χ0v) is 16.4. The molecule has 1 atom stereocenters. The zero-order chi connectivity index (χ0) is 22.5. The molecule has 31 heavy (non-hydrogen) atoms.